The fraction of sp³-hybridized carbons (Fsp3) is 0.400. The summed E-state index contributed by atoms with van der Waals surface area (Å²) in [6.07, 6.45) is -6.36. The number of imidazole rings is 1. The molecule has 0 saturated carbocycles. The van der Waals surface area contributed by atoms with E-state index >= 15 is 0 Å². The zero-order valence-corrected chi connectivity index (χ0v) is 19.0. The number of aliphatic carboxylic acids is 1. The Balaban J connectivity index is 0.000000429. The Labute approximate surface area is 199 Å². The molecule has 3 N–H and O–H groups in total. The largest absolute Gasteiger partial charge is 0.490 e. The van der Waals surface area contributed by atoms with Crippen molar-refractivity contribution < 1.29 is 27.5 Å². The van der Waals surface area contributed by atoms with E-state index in [0.717, 1.165) is 13.1 Å². The van der Waals surface area contributed by atoms with E-state index in [2.05, 4.69) is 15.3 Å². The number of nitrogens with one attached hydrogen (secondary N) is 2. The van der Waals surface area contributed by atoms with Crippen LogP contribution < -0.4 is 21.5 Å². The molecule has 0 radical (unpaired) electrons. The van der Waals surface area contributed by atoms with Gasteiger partial charge in [-0.3, -0.25) is 18.9 Å². The lowest BCUT2D eigenvalue weighted by molar-refractivity contribution is -0.192. The van der Waals surface area contributed by atoms with E-state index in [-0.39, 0.29) is 17.7 Å². The molecule has 0 aliphatic carbocycles. The molecule has 1 atom stereocenters. The highest BCUT2D eigenvalue weighted by molar-refractivity contribution is 6.32. The third-order valence-electron chi connectivity index (χ3n) is 4.95. The van der Waals surface area contributed by atoms with Gasteiger partial charge < -0.3 is 15.3 Å². The Morgan fingerprint density at radius 1 is 1.23 bits per heavy atom. The summed E-state index contributed by atoms with van der Waals surface area (Å²) in [5.74, 6) is -2.26. The number of aromatic nitrogens is 4. The third kappa shape index (κ3) is 5.82. The van der Waals surface area contributed by atoms with Crippen LogP contribution in [0.4, 0.5) is 23.5 Å². The van der Waals surface area contributed by atoms with Crippen LogP contribution in [-0.4, -0.2) is 68.7 Å². The van der Waals surface area contributed by atoms with Crippen molar-refractivity contribution in [1.82, 2.24) is 24.4 Å². The van der Waals surface area contributed by atoms with Crippen LogP contribution >= 0.6 is 11.6 Å². The fourth-order valence-corrected chi connectivity index (χ4v) is 3.69. The highest BCUT2D eigenvalue weighted by atomic mass is 35.5. The molecule has 3 heterocycles. The van der Waals surface area contributed by atoms with Crippen molar-refractivity contribution in [3.8, 4) is 5.69 Å². The van der Waals surface area contributed by atoms with Gasteiger partial charge in [0.1, 0.15) is 6.17 Å². The first-order chi connectivity index (χ1) is 16.4. The number of rotatable bonds is 4. The van der Waals surface area contributed by atoms with Gasteiger partial charge in [-0.25, -0.2) is 14.0 Å². The molecule has 3 aromatic rings. The minimum atomic E-state index is -5.08. The van der Waals surface area contributed by atoms with Gasteiger partial charge in [0.15, 0.2) is 11.2 Å². The molecule has 10 nitrogen and oxygen atoms in total. The zero-order chi connectivity index (χ0) is 25.9. The van der Waals surface area contributed by atoms with Crippen molar-refractivity contribution in [3.63, 3.8) is 0 Å². The van der Waals surface area contributed by atoms with Gasteiger partial charge in [0, 0.05) is 26.2 Å². The van der Waals surface area contributed by atoms with Crippen LogP contribution in [0.15, 0.2) is 33.9 Å². The molecule has 0 bridgehead atoms. The summed E-state index contributed by atoms with van der Waals surface area (Å²) >= 11 is 6.41. The molecule has 0 amide bonds. The molecule has 190 valence electrons. The average molecular weight is 521 g/mol. The summed E-state index contributed by atoms with van der Waals surface area (Å²) in [6.45, 7) is 4.02. The quantitative estimate of drug-likeness (QED) is 0.449. The Bertz CT molecular complexity index is 1330. The third-order valence-corrected chi connectivity index (χ3v) is 5.27. The molecule has 1 aromatic carbocycles. The van der Waals surface area contributed by atoms with Crippen LogP contribution in [0.1, 0.15) is 6.92 Å². The lowest BCUT2D eigenvalue weighted by Crippen LogP contribution is -2.44. The van der Waals surface area contributed by atoms with Crippen LogP contribution in [-0.2, 0) is 11.3 Å². The van der Waals surface area contributed by atoms with E-state index < -0.39 is 29.6 Å². The number of anilines is 1. The maximum Gasteiger partial charge on any atom is 0.490 e. The first-order valence-corrected chi connectivity index (χ1v) is 10.7. The topological polar surface area (TPSA) is 125 Å². The second kappa shape index (κ2) is 10.5. The molecule has 35 heavy (non-hydrogen) atoms. The molecule has 1 saturated heterocycles. The number of piperazine rings is 1. The standard InChI is InChI=1S/C18H20ClFN6O2.C2HF3O2/c1-11(20)10-25-15-14(16(27)23-18(25)28)26(13-5-3-2-4-12(13)19)17(22-15)24-8-6-21-7-9-24;3-2(4,5)1(6)7/h2-5,11,21H,6-10H2,1H3,(H,23,27,28);(H,6,7). The lowest BCUT2D eigenvalue weighted by Gasteiger charge is -2.28. The molecule has 0 spiro atoms. The number of para-hydroxylation sites is 1. The number of aromatic amines is 1. The van der Waals surface area contributed by atoms with Gasteiger partial charge in [0.2, 0.25) is 5.95 Å². The average Bonchev–Trinajstić information content (AvgIpc) is 3.18. The minimum absolute atomic E-state index is 0.145. The van der Waals surface area contributed by atoms with Gasteiger partial charge in [-0.05, 0) is 19.1 Å². The number of benzene rings is 1. The number of carboxylic acid groups (broad SMARTS) is 1. The maximum absolute atomic E-state index is 13.7. The molecule has 1 aliphatic heterocycles. The first kappa shape index (κ1) is 26.2. The van der Waals surface area contributed by atoms with Crippen molar-refractivity contribution >= 4 is 34.7 Å². The Morgan fingerprint density at radius 2 is 1.83 bits per heavy atom. The summed E-state index contributed by atoms with van der Waals surface area (Å²) in [5.41, 5.74) is -0.382. The number of alkyl halides is 4. The van der Waals surface area contributed by atoms with E-state index in [1.807, 2.05) is 11.0 Å². The second-order valence-electron chi connectivity index (χ2n) is 7.56. The molecule has 15 heteroatoms. The second-order valence-corrected chi connectivity index (χ2v) is 7.97. The number of fused-ring (bicyclic) bond motifs is 1. The van der Waals surface area contributed by atoms with Gasteiger partial charge in [-0.1, -0.05) is 23.7 Å². The Morgan fingerprint density at radius 3 is 2.37 bits per heavy atom. The summed E-state index contributed by atoms with van der Waals surface area (Å²) in [5, 5.41) is 10.8. The smallest absolute Gasteiger partial charge is 0.475 e. The van der Waals surface area contributed by atoms with Crippen LogP contribution in [0.25, 0.3) is 16.9 Å². The van der Waals surface area contributed by atoms with Crippen LogP contribution in [0.3, 0.4) is 0 Å². The van der Waals surface area contributed by atoms with E-state index in [1.54, 1.807) is 22.8 Å². The SMILES string of the molecule is CC(F)Cn1c(=O)[nH]c(=O)c2c1nc(N1CCNCC1)n2-c1ccccc1Cl.O=C(O)C(F)(F)F. The summed E-state index contributed by atoms with van der Waals surface area (Å²) < 4.78 is 48.3. The number of H-pyrrole nitrogens is 1. The number of hydrogen-bond donors (Lipinski definition) is 3. The number of nitrogens with zero attached hydrogens (tertiary/aromatic N) is 4. The van der Waals surface area contributed by atoms with Crippen molar-refractivity contribution in [3.05, 3.63) is 50.1 Å². The molecule has 4 rings (SSSR count). The van der Waals surface area contributed by atoms with Crippen molar-refractivity contribution in [2.45, 2.75) is 25.8 Å². The van der Waals surface area contributed by atoms with Crippen LogP contribution in [0.5, 0.6) is 0 Å². The van der Waals surface area contributed by atoms with E-state index in [4.69, 9.17) is 21.5 Å². The number of halogens is 5. The predicted octanol–water partition coefficient (Wildman–Crippen LogP) is 1.93. The van der Waals surface area contributed by atoms with Gasteiger partial charge in [0.05, 0.1) is 17.3 Å². The van der Waals surface area contributed by atoms with E-state index in [0.29, 0.717) is 29.7 Å². The van der Waals surface area contributed by atoms with Gasteiger partial charge in [0.25, 0.3) is 5.56 Å². The highest BCUT2D eigenvalue weighted by Crippen LogP contribution is 2.29. The highest BCUT2D eigenvalue weighted by Gasteiger charge is 2.38. The summed E-state index contributed by atoms with van der Waals surface area (Å²) in [6, 6.07) is 7.10. The van der Waals surface area contributed by atoms with Gasteiger partial charge in [-0.2, -0.15) is 18.2 Å². The summed E-state index contributed by atoms with van der Waals surface area (Å²) in [7, 11) is 0. The fourth-order valence-electron chi connectivity index (χ4n) is 3.47. The maximum atomic E-state index is 13.7. The number of carbonyl (C=O) groups is 1. The van der Waals surface area contributed by atoms with E-state index in [9.17, 15) is 27.2 Å². The molecular formula is C20H21ClF4N6O4. The van der Waals surface area contributed by atoms with Crippen molar-refractivity contribution in [2.75, 3.05) is 31.1 Å². The van der Waals surface area contributed by atoms with Crippen molar-refractivity contribution in [2.24, 2.45) is 0 Å². The monoisotopic (exact) mass is 520 g/mol. The molecule has 1 unspecified atom stereocenters. The number of hydrogen-bond acceptors (Lipinski definition) is 6. The van der Waals surface area contributed by atoms with E-state index in [1.165, 1.54) is 11.5 Å². The molecule has 1 fully saturated rings. The van der Waals surface area contributed by atoms with Crippen LogP contribution in [0, 0.1) is 0 Å². The minimum Gasteiger partial charge on any atom is -0.475 e. The molecule has 2 aromatic heterocycles. The lowest BCUT2D eigenvalue weighted by atomic mass is 10.3. The number of carboxylic acids is 1. The Kier molecular flexibility index (Phi) is 7.85. The van der Waals surface area contributed by atoms with Crippen LogP contribution in [0.2, 0.25) is 5.02 Å². The zero-order valence-electron chi connectivity index (χ0n) is 18.3. The summed E-state index contributed by atoms with van der Waals surface area (Å²) in [4.78, 5) is 42.9. The first-order valence-electron chi connectivity index (χ1n) is 10.3. The predicted molar refractivity (Wildman–Crippen MR) is 120 cm³/mol. The van der Waals surface area contributed by atoms with Gasteiger partial charge >= 0.3 is 17.8 Å². The molecule has 1 aliphatic rings. The Hall–Kier alpha value is -3.39. The van der Waals surface area contributed by atoms with Gasteiger partial charge in [-0.15, -0.1) is 0 Å². The normalized spacial score (nSPS) is 15.0. The van der Waals surface area contributed by atoms with Crippen molar-refractivity contribution in [1.29, 1.82) is 0 Å². The molecular weight excluding hydrogens is 500 g/mol.